The Morgan fingerprint density at radius 2 is 1.12 bits per heavy atom. The van der Waals surface area contributed by atoms with Crippen molar-refractivity contribution in [3.63, 3.8) is 0 Å². The Kier molecular flexibility index (Phi) is 8.79. The first kappa shape index (κ1) is 24.4. The van der Waals surface area contributed by atoms with E-state index in [1.165, 1.54) is 6.42 Å². The van der Waals surface area contributed by atoms with E-state index < -0.39 is 20.4 Å². The van der Waals surface area contributed by atoms with Gasteiger partial charge in [0.15, 0.2) is 0 Å². The van der Waals surface area contributed by atoms with Crippen LogP contribution in [0.2, 0.25) is 0 Å². The van der Waals surface area contributed by atoms with E-state index >= 15 is 0 Å². The summed E-state index contributed by atoms with van der Waals surface area (Å²) in [5, 5.41) is 9.85. The maximum absolute atomic E-state index is 13.3. The quantitative estimate of drug-likeness (QED) is 0.281. The summed E-state index contributed by atoms with van der Waals surface area (Å²) in [4.78, 5) is 2.31. The molecule has 6 heteroatoms. The van der Waals surface area contributed by atoms with Gasteiger partial charge in [0.05, 0.1) is 5.75 Å². The van der Waals surface area contributed by atoms with Crippen molar-refractivity contribution in [3.05, 3.63) is 84.9 Å². The van der Waals surface area contributed by atoms with Crippen molar-refractivity contribution in [2.75, 3.05) is 5.75 Å². The van der Waals surface area contributed by atoms with Crippen LogP contribution >= 0.6 is 10.3 Å². The average Bonchev–Trinajstić information content (AvgIpc) is 2.81. The van der Waals surface area contributed by atoms with Gasteiger partial charge in [-0.3, -0.25) is 0 Å². The van der Waals surface area contributed by atoms with Gasteiger partial charge in [-0.1, -0.05) is 75.4 Å². The lowest BCUT2D eigenvalue weighted by Gasteiger charge is -2.39. The van der Waals surface area contributed by atoms with Gasteiger partial charge in [0.2, 0.25) is 0 Å². The molecule has 1 N–H and O–H groups in total. The zero-order chi connectivity index (χ0) is 22.9. The van der Waals surface area contributed by atoms with Gasteiger partial charge < -0.3 is 5.11 Å². The fourth-order valence-corrected chi connectivity index (χ4v) is 9.07. The second-order valence-electron chi connectivity index (χ2n) is 7.77. The lowest BCUT2D eigenvalue weighted by atomic mass is 10.1. The summed E-state index contributed by atoms with van der Waals surface area (Å²) < 4.78 is 32.8. The molecule has 0 aromatic heterocycles. The largest absolute Gasteiger partial charge is 0.508 e. The van der Waals surface area contributed by atoms with Crippen molar-refractivity contribution in [2.24, 2.45) is 0 Å². The first-order chi connectivity index (χ1) is 15.5. The predicted molar refractivity (Wildman–Crippen MR) is 132 cm³/mol. The van der Waals surface area contributed by atoms with Crippen molar-refractivity contribution in [1.82, 2.24) is 0 Å². The number of unbranched alkanes of at least 4 members (excludes halogenated alkanes) is 5. The van der Waals surface area contributed by atoms with Crippen LogP contribution in [0, 0.1) is 0 Å². The molecule has 0 spiro atoms. The van der Waals surface area contributed by atoms with E-state index in [0.717, 1.165) is 40.4 Å². The molecule has 0 saturated heterocycles. The normalized spacial score (nSPS) is 12.5. The highest BCUT2D eigenvalue weighted by Gasteiger charge is 2.37. The maximum atomic E-state index is 13.3. The molecule has 0 fully saturated rings. The highest BCUT2D eigenvalue weighted by Crippen LogP contribution is 2.70. The van der Waals surface area contributed by atoms with E-state index in [-0.39, 0.29) is 11.5 Å². The lowest BCUT2D eigenvalue weighted by Crippen LogP contribution is -2.16. The molecule has 0 atom stereocenters. The van der Waals surface area contributed by atoms with Gasteiger partial charge in [-0.25, -0.2) is 3.63 Å². The minimum atomic E-state index is -3.81. The summed E-state index contributed by atoms with van der Waals surface area (Å²) >= 11 is 0. The van der Waals surface area contributed by atoms with Crippen LogP contribution in [0.4, 0.5) is 0 Å². The Morgan fingerprint density at radius 3 is 1.66 bits per heavy atom. The van der Waals surface area contributed by atoms with Gasteiger partial charge in [-0.2, -0.15) is 8.42 Å². The Hall–Kier alpha value is -2.28. The molecule has 3 rings (SSSR count). The molecule has 3 aromatic rings. The van der Waals surface area contributed by atoms with E-state index in [4.69, 9.17) is 3.63 Å². The van der Waals surface area contributed by atoms with Crippen molar-refractivity contribution < 1.29 is 17.2 Å². The molecule has 172 valence electrons. The third-order valence-corrected chi connectivity index (χ3v) is 10.5. The van der Waals surface area contributed by atoms with Crippen molar-refractivity contribution in [2.45, 2.75) is 60.1 Å². The zero-order valence-corrected chi connectivity index (χ0v) is 20.2. The number of rotatable bonds is 12. The third kappa shape index (κ3) is 6.15. The van der Waals surface area contributed by atoms with Crippen molar-refractivity contribution >= 4 is 20.4 Å². The Balaban J connectivity index is 2.01. The van der Waals surface area contributed by atoms with Crippen molar-refractivity contribution in [1.29, 1.82) is 0 Å². The highest BCUT2D eigenvalue weighted by molar-refractivity contribution is 8.33. The molecule has 0 aliphatic rings. The molecule has 0 bridgehead atoms. The first-order valence-corrected chi connectivity index (χ1v) is 14.3. The van der Waals surface area contributed by atoms with Gasteiger partial charge in [0.1, 0.15) is 5.75 Å². The van der Waals surface area contributed by atoms with Crippen LogP contribution in [0.1, 0.15) is 45.4 Å². The van der Waals surface area contributed by atoms with Crippen LogP contribution in [0.15, 0.2) is 99.6 Å². The molecule has 0 heterocycles. The minimum Gasteiger partial charge on any atom is -0.508 e. The van der Waals surface area contributed by atoms with Crippen LogP contribution in [-0.4, -0.2) is 19.3 Å². The molecule has 0 radical (unpaired) electrons. The first-order valence-electron chi connectivity index (χ1n) is 11.1. The summed E-state index contributed by atoms with van der Waals surface area (Å²) in [7, 11) is -6.37. The molecule has 0 aliphatic heterocycles. The summed E-state index contributed by atoms with van der Waals surface area (Å²) in [5.74, 6) is 0.115. The van der Waals surface area contributed by atoms with E-state index in [2.05, 4.69) is 6.92 Å². The Bertz CT molecular complexity index is 1010. The second kappa shape index (κ2) is 11.5. The number of hydrogen-bond donors (Lipinski definition) is 1. The van der Waals surface area contributed by atoms with Gasteiger partial charge in [-0.05, 0) is 65.3 Å². The molecule has 3 aromatic carbocycles. The van der Waals surface area contributed by atoms with Gasteiger partial charge >= 0.3 is 0 Å². The lowest BCUT2D eigenvalue weighted by molar-refractivity contribution is 0.474. The van der Waals surface area contributed by atoms with Crippen molar-refractivity contribution in [3.8, 4) is 5.75 Å². The van der Waals surface area contributed by atoms with E-state index in [1.54, 1.807) is 24.3 Å². The predicted octanol–water partition coefficient (Wildman–Crippen LogP) is 7.30. The van der Waals surface area contributed by atoms with Gasteiger partial charge in [-0.15, -0.1) is 0 Å². The van der Waals surface area contributed by atoms with Crippen LogP contribution in [0.25, 0.3) is 0 Å². The fourth-order valence-electron chi connectivity index (χ4n) is 3.64. The summed E-state index contributed by atoms with van der Waals surface area (Å²) in [6.45, 7) is 2.16. The highest BCUT2D eigenvalue weighted by atomic mass is 32.3. The maximum Gasteiger partial charge on any atom is 0.277 e. The molecular formula is C26H32O4S2. The molecule has 32 heavy (non-hydrogen) atoms. The van der Waals surface area contributed by atoms with Crippen LogP contribution < -0.4 is 0 Å². The smallest absolute Gasteiger partial charge is 0.277 e. The van der Waals surface area contributed by atoms with Crippen LogP contribution in [0.3, 0.4) is 0 Å². The van der Waals surface area contributed by atoms with Gasteiger partial charge in [0.25, 0.3) is 10.1 Å². The zero-order valence-electron chi connectivity index (χ0n) is 18.5. The Morgan fingerprint density at radius 1 is 0.656 bits per heavy atom. The topological polar surface area (TPSA) is 63.6 Å². The molecule has 0 aliphatic carbocycles. The number of benzene rings is 3. The van der Waals surface area contributed by atoms with E-state index in [9.17, 15) is 13.5 Å². The third-order valence-electron chi connectivity index (χ3n) is 5.27. The monoisotopic (exact) mass is 472 g/mol. The molecule has 0 saturated carbocycles. The number of hydrogen-bond acceptors (Lipinski definition) is 4. The fraction of sp³-hybridized carbons (Fsp3) is 0.308. The summed E-state index contributed by atoms with van der Waals surface area (Å²) in [6, 6.07) is 25.7. The molecular weight excluding hydrogens is 440 g/mol. The minimum absolute atomic E-state index is 0.00831. The summed E-state index contributed by atoms with van der Waals surface area (Å²) in [5.41, 5.74) is 0. The van der Waals surface area contributed by atoms with E-state index in [1.807, 2.05) is 60.7 Å². The number of aromatic hydroxyl groups is 1. The van der Waals surface area contributed by atoms with Crippen LogP contribution in [-0.2, 0) is 13.7 Å². The average molecular weight is 473 g/mol. The summed E-state index contributed by atoms with van der Waals surface area (Å²) in [6.07, 6.45) is 5.97. The molecule has 0 unspecified atom stereocenters. The Labute approximate surface area is 193 Å². The molecule has 0 amide bonds. The van der Waals surface area contributed by atoms with Crippen LogP contribution in [0.5, 0.6) is 5.75 Å². The second-order valence-corrected chi connectivity index (χ2v) is 12.4. The standard InChI is InChI=1S/C26H32O4S2/c1-2-3-4-5-6-13-22-31(28,29)30-32(24-14-9-7-10-15-24,25-16-11-8-12-17-25)26-20-18-23(27)19-21-26/h7-12,14-21,27H,2-6,13,22H2,1H3. The number of phenolic OH excluding ortho intramolecular Hbond substituents is 1. The van der Waals surface area contributed by atoms with Gasteiger partial charge in [0, 0.05) is 14.7 Å². The molecule has 4 nitrogen and oxygen atoms in total. The number of phenols is 1. The van der Waals surface area contributed by atoms with E-state index in [0.29, 0.717) is 6.42 Å². The SMILES string of the molecule is CCCCCCCCS(=O)(=O)OS(c1ccccc1)(c1ccccc1)c1ccc(O)cc1.